The van der Waals surface area contributed by atoms with E-state index in [0.29, 0.717) is 5.69 Å². The van der Waals surface area contributed by atoms with Gasteiger partial charge in [-0.05, 0) is 12.1 Å². The van der Waals surface area contributed by atoms with Crippen molar-refractivity contribution in [2.45, 2.75) is 0 Å². The molecule has 4 N–H and O–H groups in total. The van der Waals surface area contributed by atoms with Gasteiger partial charge in [0.2, 0.25) is 0 Å². The Labute approximate surface area is 109 Å². The Hall–Kier alpha value is -2.15. The van der Waals surface area contributed by atoms with Gasteiger partial charge in [0, 0.05) is 11.8 Å². The maximum absolute atomic E-state index is 10.3. The minimum Gasteiger partial charge on any atom is -0.479 e. The highest BCUT2D eigenvalue weighted by molar-refractivity contribution is 5.85. The maximum atomic E-state index is 10.3. The van der Waals surface area contributed by atoms with E-state index in [1.807, 2.05) is 0 Å². The van der Waals surface area contributed by atoms with E-state index in [1.54, 1.807) is 0 Å². The summed E-state index contributed by atoms with van der Waals surface area (Å²) in [6, 6.07) is 4.26. The van der Waals surface area contributed by atoms with E-state index in [9.17, 15) is 9.59 Å². The van der Waals surface area contributed by atoms with Gasteiger partial charge in [0.1, 0.15) is 0 Å². The van der Waals surface area contributed by atoms with Gasteiger partial charge in [0.05, 0.1) is 0 Å². The highest BCUT2D eigenvalue weighted by Crippen LogP contribution is 2.29. The zero-order valence-electron chi connectivity index (χ0n) is 9.16. The van der Waals surface area contributed by atoms with E-state index >= 15 is 0 Å². The molecular weight excluding hydrogens is 266 g/mol. The molecule has 1 aromatic rings. The van der Waals surface area contributed by atoms with Crippen LogP contribution in [-0.4, -0.2) is 35.4 Å². The van der Waals surface area contributed by atoms with Gasteiger partial charge < -0.3 is 25.4 Å². The van der Waals surface area contributed by atoms with Crippen molar-refractivity contribution in [3.05, 3.63) is 18.2 Å². The first-order chi connectivity index (χ1) is 7.99. The molecule has 0 aromatic heterocycles. The molecule has 0 atom stereocenters. The summed E-state index contributed by atoms with van der Waals surface area (Å²) in [5.74, 6) is -2.08. The average Bonchev–Trinajstić information content (AvgIpc) is 2.24. The van der Waals surface area contributed by atoms with Gasteiger partial charge in [-0.3, -0.25) is 0 Å². The first-order valence-electron chi connectivity index (χ1n) is 4.57. The number of ether oxygens (including phenoxy) is 2. The molecule has 0 fully saturated rings. The molecule has 0 saturated heterocycles. The fraction of sp³-hybridized carbons (Fsp3) is 0.200. The predicted octanol–water partition coefficient (Wildman–Crippen LogP) is 0.617. The van der Waals surface area contributed by atoms with Gasteiger partial charge in [0.25, 0.3) is 0 Å². The van der Waals surface area contributed by atoms with Gasteiger partial charge in [-0.25, -0.2) is 9.59 Å². The molecule has 0 unspecified atom stereocenters. The molecule has 0 aliphatic carbocycles. The van der Waals surface area contributed by atoms with Crippen molar-refractivity contribution in [2.75, 3.05) is 18.9 Å². The normalized spacial score (nSPS) is 9.11. The summed E-state index contributed by atoms with van der Waals surface area (Å²) in [5.41, 5.74) is 5.85. The lowest BCUT2D eigenvalue weighted by Crippen LogP contribution is -2.13. The topological polar surface area (TPSA) is 119 Å². The SMILES string of the molecule is Cl.Nc1ccc(OCC(=O)O)c(OCC(=O)O)c1. The van der Waals surface area contributed by atoms with E-state index in [4.69, 9.17) is 25.4 Å². The number of nitrogens with two attached hydrogens (primary N) is 1. The lowest BCUT2D eigenvalue weighted by molar-refractivity contribution is -0.140. The molecule has 1 aromatic carbocycles. The summed E-state index contributed by atoms with van der Waals surface area (Å²) in [6.45, 7) is -1.11. The molecule has 8 heteroatoms. The number of anilines is 1. The monoisotopic (exact) mass is 277 g/mol. The molecule has 100 valence electrons. The standard InChI is InChI=1S/C10H11NO6.ClH/c11-6-1-2-7(16-4-9(12)13)8(3-6)17-5-10(14)15;/h1-3H,4-5,11H2,(H,12,13)(H,14,15);1H. The van der Waals surface area contributed by atoms with Crippen molar-refractivity contribution in [2.24, 2.45) is 0 Å². The van der Waals surface area contributed by atoms with Gasteiger partial charge in [-0.1, -0.05) is 0 Å². The molecule has 7 nitrogen and oxygen atoms in total. The summed E-state index contributed by atoms with van der Waals surface area (Å²) in [4.78, 5) is 20.7. The van der Waals surface area contributed by atoms with Crippen LogP contribution in [0, 0.1) is 0 Å². The van der Waals surface area contributed by atoms with E-state index in [0.717, 1.165) is 0 Å². The smallest absolute Gasteiger partial charge is 0.341 e. The predicted molar refractivity (Wildman–Crippen MR) is 64.4 cm³/mol. The fourth-order valence-corrected chi connectivity index (χ4v) is 1.04. The number of carboxylic acid groups (broad SMARTS) is 2. The molecule has 0 radical (unpaired) electrons. The van der Waals surface area contributed by atoms with E-state index in [-0.39, 0.29) is 23.9 Å². The van der Waals surface area contributed by atoms with Crippen LogP contribution in [0.3, 0.4) is 0 Å². The van der Waals surface area contributed by atoms with Crippen LogP contribution in [0.25, 0.3) is 0 Å². The van der Waals surface area contributed by atoms with Crippen LogP contribution in [0.5, 0.6) is 11.5 Å². The van der Waals surface area contributed by atoms with E-state index < -0.39 is 25.2 Å². The molecule has 0 spiro atoms. The number of benzene rings is 1. The minimum atomic E-state index is -1.16. The first-order valence-corrected chi connectivity index (χ1v) is 4.57. The average molecular weight is 278 g/mol. The third-order valence-electron chi connectivity index (χ3n) is 1.67. The summed E-state index contributed by atoms with van der Waals surface area (Å²) < 4.78 is 9.83. The van der Waals surface area contributed by atoms with Crippen molar-refractivity contribution in [1.82, 2.24) is 0 Å². The Morgan fingerprint density at radius 2 is 1.56 bits per heavy atom. The number of hydrogen-bond donors (Lipinski definition) is 3. The van der Waals surface area contributed by atoms with Crippen LogP contribution in [0.1, 0.15) is 0 Å². The van der Waals surface area contributed by atoms with Gasteiger partial charge >= 0.3 is 11.9 Å². The lowest BCUT2D eigenvalue weighted by Gasteiger charge is -2.10. The lowest BCUT2D eigenvalue weighted by atomic mass is 10.3. The number of halogens is 1. The molecular formula is C10H12ClNO6. The van der Waals surface area contributed by atoms with E-state index in [2.05, 4.69) is 0 Å². The van der Waals surface area contributed by atoms with Crippen LogP contribution in [0.4, 0.5) is 5.69 Å². The quantitative estimate of drug-likeness (QED) is 0.652. The number of hydrogen-bond acceptors (Lipinski definition) is 5. The van der Waals surface area contributed by atoms with Crippen molar-refractivity contribution in [3.63, 3.8) is 0 Å². The highest BCUT2D eigenvalue weighted by Gasteiger charge is 2.09. The largest absolute Gasteiger partial charge is 0.479 e. The zero-order chi connectivity index (χ0) is 12.8. The van der Waals surface area contributed by atoms with Crippen LogP contribution in [0.15, 0.2) is 18.2 Å². The Kier molecular flexibility index (Phi) is 6.37. The van der Waals surface area contributed by atoms with Gasteiger partial charge in [-0.15, -0.1) is 12.4 Å². The second-order valence-corrected chi connectivity index (χ2v) is 3.07. The van der Waals surface area contributed by atoms with Crippen LogP contribution in [-0.2, 0) is 9.59 Å². The van der Waals surface area contributed by atoms with Crippen molar-refractivity contribution in [3.8, 4) is 11.5 Å². The number of nitrogen functional groups attached to an aromatic ring is 1. The second kappa shape index (κ2) is 7.23. The molecule has 0 saturated carbocycles. The Balaban J connectivity index is 0.00000289. The summed E-state index contributed by atoms with van der Waals surface area (Å²) >= 11 is 0. The van der Waals surface area contributed by atoms with Crippen LogP contribution >= 0.6 is 12.4 Å². The van der Waals surface area contributed by atoms with Crippen molar-refractivity contribution >= 4 is 30.0 Å². The summed E-state index contributed by atoms with van der Waals surface area (Å²) in [6.07, 6.45) is 0. The number of rotatable bonds is 6. The number of carbonyl (C=O) groups is 2. The number of aliphatic carboxylic acids is 2. The summed E-state index contributed by atoms with van der Waals surface area (Å²) in [7, 11) is 0. The Morgan fingerprint density at radius 1 is 1.06 bits per heavy atom. The molecule has 0 heterocycles. The Bertz CT molecular complexity index is 436. The molecule has 0 amide bonds. The number of carboxylic acids is 2. The fourth-order valence-electron chi connectivity index (χ4n) is 1.04. The molecule has 18 heavy (non-hydrogen) atoms. The summed E-state index contributed by atoms with van der Waals surface area (Å²) in [5, 5.41) is 16.9. The third-order valence-corrected chi connectivity index (χ3v) is 1.67. The van der Waals surface area contributed by atoms with Crippen LogP contribution < -0.4 is 15.2 Å². The van der Waals surface area contributed by atoms with Crippen molar-refractivity contribution in [1.29, 1.82) is 0 Å². The third kappa shape index (κ3) is 5.26. The maximum Gasteiger partial charge on any atom is 0.341 e. The van der Waals surface area contributed by atoms with Gasteiger partial charge in [0.15, 0.2) is 24.7 Å². The second-order valence-electron chi connectivity index (χ2n) is 3.07. The first kappa shape index (κ1) is 15.9. The molecule has 0 aliphatic heterocycles. The Morgan fingerprint density at radius 3 is 2.06 bits per heavy atom. The zero-order valence-corrected chi connectivity index (χ0v) is 9.98. The molecule has 0 aliphatic rings. The highest BCUT2D eigenvalue weighted by atomic mass is 35.5. The van der Waals surface area contributed by atoms with Crippen molar-refractivity contribution < 1.29 is 29.3 Å². The molecule has 0 bridgehead atoms. The minimum absolute atomic E-state index is 0. The van der Waals surface area contributed by atoms with E-state index in [1.165, 1.54) is 18.2 Å². The molecule has 1 rings (SSSR count). The van der Waals surface area contributed by atoms with Crippen LogP contribution in [0.2, 0.25) is 0 Å². The van der Waals surface area contributed by atoms with Gasteiger partial charge in [-0.2, -0.15) is 0 Å².